The molecule has 0 radical (unpaired) electrons. The summed E-state index contributed by atoms with van der Waals surface area (Å²) in [7, 11) is 0. The zero-order valence-corrected chi connectivity index (χ0v) is 11.6. The Balaban J connectivity index is 1.91. The molecule has 3 aromatic rings. The lowest BCUT2D eigenvalue weighted by Gasteiger charge is -2.15. The molecule has 0 spiro atoms. The minimum atomic E-state index is -0.546. The average Bonchev–Trinajstić information content (AvgIpc) is 3.18. The first-order chi connectivity index (χ1) is 10.2. The first kappa shape index (κ1) is 13.4. The van der Waals surface area contributed by atoms with Crippen molar-refractivity contribution in [2.75, 3.05) is 0 Å². The molecule has 3 rings (SSSR count). The zero-order chi connectivity index (χ0) is 14.7. The van der Waals surface area contributed by atoms with E-state index in [-0.39, 0.29) is 5.78 Å². The number of benzene rings is 1. The van der Waals surface area contributed by atoms with Crippen LogP contribution in [0.3, 0.4) is 0 Å². The van der Waals surface area contributed by atoms with Crippen molar-refractivity contribution in [3.05, 3.63) is 60.2 Å². The zero-order valence-electron chi connectivity index (χ0n) is 10.9. The Hall–Kier alpha value is -2.54. The molecule has 1 aromatic carbocycles. The summed E-state index contributed by atoms with van der Waals surface area (Å²) in [4.78, 5) is 20.5. The van der Waals surface area contributed by atoms with Gasteiger partial charge in [-0.2, -0.15) is 10.2 Å². The summed E-state index contributed by atoms with van der Waals surface area (Å²) in [5.74, 6) is -0.0901. The molecule has 106 valence electrons. The van der Waals surface area contributed by atoms with E-state index in [1.54, 1.807) is 35.3 Å². The molecular weight excluding hydrogens is 292 g/mol. The van der Waals surface area contributed by atoms with Gasteiger partial charge in [-0.1, -0.05) is 11.6 Å². The van der Waals surface area contributed by atoms with Crippen LogP contribution in [-0.2, 0) is 6.54 Å². The Kier molecular flexibility index (Phi) is 3.74. The van der Waals surface area contributed by atoms with E-state index >= 15 is 0 Å². The molecule has 0 aliphatic rings. The second kappa shape index (κ2) is 5.84. The van der Waals surface area contributed by atoms with Crippen molar-refractivity contribution < 1.29 is 4.79 Å². The molecule has 0 saturated heterocycles. The van der Waals surface area contributed by atoms with Crippen LogP contribution in [0.25, 0.3) is 0 Å². The number of hydrogen-bond donors (Lipinski definition) is 0. The second-order valence-corrected chi connectivity index (χ2v) is 4.82. The van der Waals surface area contributed by atoms with Gasteiger partial charge in [-0.3, -0.25) is 9.48 Å². The van der Waals surface area contributed by atoms with E-state index in [9.17, 15) is 4.79 Å². The van der Waals surface area contributed by atoms with Gasteiger partial charge in [0, 0.05) is 10.6 Å². The highest BCUT2D eigenvalue weighted by Gasteiger charge is 2.23. The van der Waals surface area contributed by atoms with Gasteiger partial charge >= 0.3 is 0 Å². The van der Waals surface area contributed by atoms with Crippen LogP contribution in [0.5, 0.6) is 0 Å². The van der Waals surface area contributed by atoms with Crippen molar-refractivity contribution in [3.63, 3.8) is 0 Å². The SMILES string of the molecule is O=C(c1ccc(Cl)cc1)C(Cn1cncn1)n1cncn1. The Labute approximate surface area is 125 Å². The van der Waals surface area contributed by atoms with Gasteiger partial charge in [-0.25, -0.2) is 14.6 Å². The van der Waals surface area contributed by atoms with Gasteiger partial charge in [0.05, 0.1) is 6.54 Å². The summed E-state index contributed by atoms with van der Waals surface area (Å²) in [6.07, 6.45) is 5.88. The van der Waals surface area contributed by atoms with Gasteiger partial charge in [0.2, 0.25) is 0 Å². The molecule has 8 heteroatoms. The van der Waals surface area contributed by atoms with Gasteiger partial charge in [0.1, 0.15) is 31.4 Å². The lowest BCUT2D eigenvalue weighted by atomic mass is 10.0. The minimum Gasteiger partial charge on any atom is -0.292 e. The molecule has 1 atom stereocenters. The number of aromatic nitrogens is 6. The number of rotatable bonds is 5. The molecule has 2 heterocycles. The molecule has 0 amide bonds. The van der Waals surface area contributed by atoms with E-state index in [2.05, 4.69) is 20.2 Å². The quantitative estimate of drug-likeness (QED) is 0.670. The van der Waals surface area contributed by atoms with Gasteiger partial charge in [0.25, 0.3) is 0 Å². The molecule has 2 aromatic heterocycles. The fourth-order valence-electron chi connectivity index (χ4n) is 1.98. The number of carbonyl (C=O) groups is 1. The van der Waals surface area contributed by atoms with Crippen LogP contribution < -0.4 is 0 Å². The van der Waals surface area contributed by atoms with Crippen LogP contribution in [0, 0.1) is 0 Å². The van der Waals surface area contributed by atoms with E-state index in [0.717, 1.165) is 0 Å². The minimum absolute atomic E-state index is 0.0901. The molecule has 0 N–H and O–H groups in total. The summed E-state index contributed by atoms with van der Waals surface area (Å²) in [5, 5.41) is 8.67. The van der Waals surface area contributed by atoms with Crippen molar-refractivity contribution in [2.45, 2.75) is 12.6 Å². The lowest BCUT2D eigenvalue weighted by molar-refractivity contribution is 0.0901. The highest BCUT2D eigenvalue weighted by atomic mass is 35.5. The van der Waals surface area contributed by atoms with Crippen molar-refractivity contribution in [1.82, 2.24) is 29.5 Å². The Morgan fingerprint density at radius 2 is 1.81 bits per heavy atom. The van der Waals surface area contributed by atoms with Gasteiger partial charge in [0.15, 0.2) is 5.78 Å². The normalized spacial score (nSPS) is 12.2. The average molecular weight is 303 g/mol. The van der Waals surface area contributed by atoms with E-state index in [1.807, 2.05) is 0 Å². The Morgan fingerprint density at radius 3 is 2.43 bits per heavy atom. The molecule has 0 saturated carbocycles. The maximum Gasteiger partial charge on any atom is 0.189 e. The van der Waals surface area contributed by atoms with E-state index in [4.69, 9.17) is 11.6 Å². The Bertz CT molecular complexity index is 708. The summed E-state index contributed by atoms with van der Waals surface area (Å²) in [6, 6.07) is 6.20. The standard InChI is InChI=1S/C13H11ClN6O/c14-11-3-1-10(2-4-11)13(21)12(20-9-16-7-18-20)5-19-8-15-6-17-19/h1-4,6-9,12H,5H2. The molecule has 21 heavy (non-hydrogen) atoms. The molecule has 0 aliphatic heterocycles. The number of halogens is 1. The summed E-state index contributed by atoms with van der Waals surface area (Å²) < 4.78 is 3.10. The van der Waals surface area contributed by atoms with Crippen LogP contribution in [0.15, 0.2) is 49.6 Å². The lowest BCUT2D eigenvalue weighted by Crippen LogP contribution is -2.25. The highest BCUT2D eigenvalue weighted by molar-refractivity contribution is 6.30. The van der Waals surface area contributed by atoms with Gasteiger partial charge in [-0.05, 0) is 24.3 Å². The predicted octanol–water partition coefficient (Wildman–Crippen LogP) is 1.65. The summed E-state index contributed by atoms with van der Waals surface area (Å²) >= 11 is 5.85. The summed E-state index contributed by atoms with van der Waals surface area (Å²) in [6.45, 7) is 0.324. The monoisotopic (exact) mass is 302 g/mol. The fourth-order valence-corrected chi connectivity index (χ4v) is 2.10. The number of hydrogen-bond acceptors (Lipinski definition) is 5. The number of Topliss-reactive ketones (excluding diaryl/α,β-unsaturated/α-hetero) is 1. The maximum atomic E-state index is 12.7. The molecule has 0 fully saturated rings. The van der Waals surface area contributed by atoms with E-state index < -0.39 is 6.04 Å². The van der Waals surface area contributed by atoms with Gasteiger partial charge < -0.3 is 0 Å². The van der Waals surface area contributed by atoms with Crippen LogP contribution in [0.2, 0.25) is 5.02 Å². The molecule has 0 bridgehead atoms. The summed E-state index contributed by atoms with van der Waals surface area (Å²) in [5.41, 5.74) is 0.556. The van der Waals surface area contributed by atoms with Gasteiger partial charge in [-0.15, -0.1) is 0 Å². The molecular formula is C13H11ClN6O. The third-order valence-electron chi connectivity index (χ3n) is 3.01. The smallest absolute Gasteiger partial charge is 0.189 e. The predicted molar refractivity (Wildman–Crippen MR) is 74.9 cm³/mol. The second-order valence-electron chi connectivity index (χ2n) is 4.38. The maximum absolute atomic E-state index is 12.7. The van der Waals surface area contributed by atoms with Crippen molar-refractivity contribution in [2.24, 2.45) is 0 Å². The van der Waals surface area contributed by atoms with Crippen molar-refractivity contribution >= 4 is 17.4 Å². The first-order valence-corrected chi connectivity index (χ1v) is 6.58. The topological polar surface area (TPSA) is 78.5 Å². The third-order valence-corrected chi connectivity index (χ3v) is 3.27. The van der Waals surface area contributed by atoms with E-state index in [0.29, 0.717) is 17.1 Å². The van der Waals surface area contributed by atoms with Crippen LogP contribution in [0.4, 0.5) is 0 Å². The van der Waals surface area contributed by atoms with Crippen LogP contribution in [-0.4, -0.2) is 35.3 Å². The first-order valence-electron chi connectivity index (χ1n) is 6.20. The van der Waals surface area contributed by atoms with Crippen LogP contribution >= 0.6 is 11.6 Å². The third kappa shape index (κ3) is 2.97. The number of carbonyl (C=O) groups excluding carboxylic acids is 1. The van der Waals surface area contributed by atoms with Crippen LogP contribution in [0.1, 0.15) is 16.4 Å². The van der Waals surface area contributed by atoms with Crippen molar-refractivity contribution in [3.8, 4) is 0 Å². The number of ketones is 1. The molecule has 1 unspecified atom stereocenters. The Morgan fingerprint density at radius 1 is 1.10 bits per heavy atom. The number of nitrogens with zero attached hydrogens (tertiary/aromatic N) is 6. The highest BCUT2D eigenvalue weighted by Crippen LogP contribution is 2.17. The fraction of sp³-hybridized carbons (Fsp3) is 0.154. The van der Waals surface area contributed by atoms with E-state index in [1.165, 1.54) is 23.7 Å². The molecule has 7 nitrogen and oxygen atoms in total. The largest absolute Gasteiger partial charge is 0.292 e. The molecule has 0 aliphatic carbocycles. The van der Waals surface area contributed by atoms with Crippen molar-refractivity contribution in [1.29, 1.82) is 0 Å².